The molecule has 2 nitrogen and oxygen atoms in total. The number of hydrogen-bond acceptors (Lipinski definition) is 2. The van der Waals surface area contributed by atoms with Crippen LogP contribution >= 0.6 is 0 Å². The molecule has 76 valence electrons. The number of aliphatic imine (C=N–C) groups is 1. The van der Waals surface area contributed by atoms with Crippen molar-refractivity contribution in [2.24, 2.45) is 4.99 Å². The van der Waals surface area contributed by atoms with E-state index in [4.69, 9.17) is 4.42 Å². The third-order valence-electron chi connectivity index (χ3n) is 2.23. The lowest BCUT2D eigenvalue weighted by molar-refractivity contribution is 0.560. The second kappa shape index (κ2) is 4.13. The summed E-state index contributed by atoms with van der Waals surface area (Å²) in [6.45, 7) is 4.13. The fraction of sp³-hybridized carbons (Fsp3) is 0.154. The maximum Gasteiger partial charge on any atom is 0.144 e. The van der Waals surface area contributed by atoms with Gasteiger partial charge in [0.1, 0.15) is 5.76 Å². The summed E-state index contributed by atoms with van der Waals surface area (Å²) in [7, 11) is 0. The topological polar surface area (TPSA) is 25.5 Å². The van der Waals surface area contributed by atoms with Gasteiger partial charge in [-0.05, 0) is 37.6 Å². The van der Waals surface area contributed by atoms with Crippen LogP contribution in [0.25, 0.3) is 0 Å². The van der Waals surface area contributed by atoms with Crippen LogP contribution in [0.15, 0.2) is 46.0 Å². The highest BCUT2D eigenvalue weighted by Crippen LogP contribution is 2.19. The molecule has 0 amide bonds. The number of nitrogens with zero attached hydrogens (tertiary/aromatic N) is 1. The van der Waals surface area contributed by atoms with Gasteiger partial charge in [0.15, 0.2) is 0 Å². The van der Waals surface area contributed by atoms with E-state index in [-0.39, 0.29) is 0 Å². The Hall–Kier alpha value is -1.83. The van der Waals surface area contributed by atoms with Crippen LogP contribution in [0, 0.1) is 13.8 Å². The van der Waals surface area contributed by atoms with Crippen LogP contribution in [0.2, 0.25) is 0 Å². The summed E-state index contributed by atoms with van der Waals surface area (Å²) in [5.74, 6) is 0.773. The zero-order chi connectivity index (χ0) is 10.7. The van der Waals surface area contributed by atoms with Crippen LogP contribution in [0.1, 0.15) is 16.9 Å². The van der Waals surface area contributed by atoms with Crippen LogP contribution in [-0.2, 0) is 0 Å². The second-order valence-corrected chi connectivity index (χ2v) is 3.56. The molecule has 0 saturated carbocycles. The highest BCUT2D eigenvalue weighted by molar-refractivity contribution is 5.78. The van der Waals surface area contributed by atoms with Crippen molar-refractivity contribution in [1.29, 1.82) is 0 Å². The molecule has 0 spiro atoms. The van der Waals surface area contributed by atoms with E-state index in [1.165, 1.54) is 11.1 Å². The largest absolute Gasteiger partial charge is 0.463 e. The van der Waals surface area contributed by atoms with Crippen LogP contribution in [-0.4, -0.2) is 6.21 Å². The molecule has 0 aliphatic heterocycles. The minimum absolute atomic E-state index is 0.773. The molecule has 0 fully saturated rings. The van der Waals surface area contributed by atoms with Crippen molar-refractivity contribution in [2.75, 3.05) is 0 Å². The van der Waals surface area contributed by atoms with Crippen LogP contribution < -0.4 is 0 Å². The molecule has 0 radical (unpaired) electrons. The summed E-state index contributed by atoms with van der Waals surface area (Å²) in [6, 6.07) is 9.93. The van der Waals surface area contributed by atoms with E-state index in [9.17, 15) is 0 Å². The molecule has 0 atom stereocenters. The lowest BCUT2D eigenvalue weighted by atomic mass is 10.1. The zero-order valence-electron chi connectivity index (χ0n) is 8.90. The summed E-state index contributed by atoms with van der Waals surface area (Å²) >= 11 is 0. The van der Waals surface area contributed by atoms with Gasteiger partial charge in [-0.25, -0.2) is 0 Å². The lowest BCUT2D eigenvalue weighted by Crippen LogP contribution is -1.79. The molecule has 0 saturated heterocycles. The van der Waals surface area contributed by atoms with Crippen molar-refractivity contribution in [3.05, 3.63) is 53.5 Å². The lowest BCUT2D eigenvalue weighted by Gasteiger charge is -2.00. The molecule has 0 aliphatic carbocycles. The van der Waals surface area contributed by atoms with E-state index >= 15 is 0 Å². The Morgan fingerprint density at radius 3 is 2.73 bits per heavy atom. The number of rotatable bonds is 2. The first-order chi connectivity index (χ1) is 7.25. The maximum absolute atomic E-state index is 5.17. The maximum atomic E-state index is 5.17. The summed E-state index contributed by atoms with van der Waals surface area (Å²) < 4.78 is 5.17. The Bertz CT molecular complexity index is 469. The predicted octanol–water partition coefficient (Wildman–Crippen LogP) is 3.65. The van der Waals surface area contributed by atoms with Gasteiger partial charge in [0.2, 0.25) is 0 Å². The third kappa shape index (κ3) is 2.34. The van der Waals surface area contributed by atoms with Crippen LogP contribution in [0.4, 0.5) is 5.69 Å². The molecule has 0 unspecified atom stereocenters. The number of hydrogen-bond donors (Lipinski definition) is 0. The molecule has 1 aromatic heterocycles. The average Bonchev–Trinajstić information content (AvgIpc) is 2.69. The molecule has 2 rings (SSSR count). The standard InChI is InChI=1S/C13H13NO/c1-10-5-6-13(11(2)8-10)14-9-12-4-3-7-15-12/h3-9H,1-2H3. The van der Waals surface area contributed by atoms with Gasteiger partial charge in [0.05, 0.1) is 18.2 Å². The van der Waals surface area contributed by atoms with E-state index in [0.29, 0.717) is 0 Å². The minimum atomic E-state index is 0.773. The van der Waals surface area contributed by atoms with Crippen LogP contribution in [0.5, 0.6) is 0 Å². The van der Waals surface area contributed by atoms with E-state index in [2.05, 4.69) is 31.0 Å². The number of aryl methyl sites for hydroxylation is 2. The van der Waals surface area contributed by atoms with Gasteiger partial charge in [0, 0.05) is 0 Å². The fourth-order valence-corrected chi connectivity index (χ4v) is 1.45. The minimum Gasteiger partial charge on any atom is -0.463 e. The third-order valence-corrected chi connectivity index (χ3v) is 2.23. The first-order valence-corrected chi connectivity index (χ1v) is 4.90. The van der Waals surface area contributed by atoms with Gasteiger partial charge in [0.25, 0.3) is 0 Å². The van der Waals surface area contributed by atoms with E-state index in [0.717, 1.165) is 11.4 Å². The van der Waals surface area contributed by atoms with Gasteiger partial charge in [-0.2, -0.15) is 0 Å². The molecule has 1 heterocycles. The van der Waals surface area contributed by atoms with E-state index in [1.54, 1.807) is 12.5 Å². The molecule has 1 aromatic carbocycles. The summed E-state index contributed by atoms with van der Waals surface area (Å²) in [5.41, 5.74) is 3.42. The predicted molar refractivity (Wildman–Crippen MR) is 61.9 cm³/mol. The van der Waals surface area contributed by atoms with Gasteiger partial charge in [-0.1, -0.05) is 17.7 Å². The van der Waals surface area contributed by atoms with E-state index in [1.807, 2.05) is 18.2 Å². The monoisotopic (exact) mass is 199 g/mol. The molecule has 2 heteroatoms. The van der Waals surface area contributed by atoms with Crippen LogP contribution in [0.3, 0.4) is 0 Å². The first kappa shape index (κ1) is 9.71. The summed E-state index contributed by atoms with van der Waals surface area (Å²) in [4.78, 5) is 4.37. The summed E-state index contributed by atoms with van der Waals surface area (Å²) in [6.07, 6.45) is 3.38. The van der Waals surface area contributed by atoms with Gasteiger partial charge >= 0.3 is 0 Å². The van der Waals surface area contributed by atoms with Gasteiger partial charge in [-0.3, -0.25) is 4.99 Å². The Morgan fingerprint density at radius 2 is 2.07 bits per heavy atom. The highest BCUT2D eigenvalue weighted by Gasteiger charge is 1.95. The SMILES string of the molecule is Cc1ccc(N=Cc2ccco2)c(C)c1. The fourth-order valence-electron chi connectivity index (χ4n) is 1.45. The van der Waals surface area contributed by atoms with Gasteiger partial charge in [-0.15, -0.1) is 0 Å². The Kier molecular flexibility index (Phi) is 2.68. The molecule has 0 bridgehead atoms. The van der Waals surface area contributed by atoms with Crippen molar-refractivity contribution in [3.63, 3.8) is 0 Å². The number of benzene rings is 1. The molecule has 2 aromatic rings. The quantitative estimate of drug-likeness (QED) is 0.678. The van der Waals surface area contributed by atoms with Crippen molar-refractivity contribution in [2.45, 2.75) is 13.8 Å². The summed E-state index contributed by atoms with van der Waals surface area (Å²) in [5, 5.41) is 0. The van der Waals surface area contributed by atoms with Crippen molar-refractivity contribution >= 4 is 11.9 Å². The van der Waals surface area contributed by atoms with E-state index < -0.39 is 0 Å². The highest BCUT2D eigenvalue weighted by atomic mass is 16.3. The molecule has 0 N–H and O–H groups in total. The molecule has 0 aliphatic rings. The Labute approximate surface area is 89.3 Å². The second-order valence-electron chi connectivity index (χ2n) is 3.56. The van der Waals surface area contributed by atoms with Gasteiger partial charge < -0.3 is 4.42 Å². The Balaban J connectivity index is 2.24. The van der Waals surface area contributed by atoms with Crippen molar-refractivity contribution < 1.29 is 4.42 Å². The first-order valence-electron chi connectivity index (χ1n) is 4.90. The molecule has 15 heavy (non-hydrogen) atoms. The van der Waals surface area contributed by atoms with Crippen molar-refractivity contribution in [3.8, 4) is 0 Å². The van der Waals surface area contributed by atoms with Crippen molar-refractivity contribution in [1.82, 2.24) is 0 Å². The number of furan rings is 1. The normalized spacial score (nSPS) is 11.1. The zero-order valence-corrected chi connectivity index (χ0v) is 8.90. The average molecular weight is 199 g/mol. The molecular formula is C13H13NO. The Morgan fingerprint density at radius 1 is 1.20 bits per heavy atom. The molecular weight excluding hydrogens is 186 g/mol. The smallest absolute Gasteiger partial charge is 0.144 e.